The number of nitriles is 1. The third-order valence-corrected chi connectivity index (χ3v) is 5.09. The fourth-order valence-electron chi connectivity index (χ4n) is 2.36. The molecule has 0 radical (unpaired) electrons. The summed E-state index contributed by atoms with van der Waals surface area (Å²) in [6.07, 6.45) is 0.101. The molecule has 1 fully saturated rings. The predicted molar refractivity (Wildman–Crippen MR) is 85.0 cm³/mol. The highest BCUT2D eigenvalue weighted by atomic mass is 79.9. The highest BCUT2D eigenvalue weighted by Gasteiger charge is 2.34. The number of rotatable bonds is 3. The summed E-state index contributed by atoms with van der Waals surface area (Å²) in [7, 11) is -3.63. The van der Waals surface area contributed by atoms with Crippen LogP contribution in [0, 0.1) is 17.2 Å². The van der Waals surface area contributed by atoms with Crippen LogP contribution in [0.5, 0.6) is 0 Å². The van der Waals surface area contributed by atoms with E-state index in [0.29, 0.717) is 20.2 Å². The van der Waals surface area contributed by atoms with E-state index in [1.807, 2.05) is 6.07 Å². The second-order valence-electron chi connectivity index (χ2n) is 4.80. The van der Waals surface area contributed by atoms with Gasteiger partial charge in [0.15, 0.2) is 0 Å². The van der Waals surface area contributed by atoms with Gasteiger partial charge in [0.25, 0.3) is 0 Å². The van der Waals surface area contributed by atoms with Crippen molar-refractivity contribution in [1.29, 1.82) is 5.26 Å². The maximum absolute atomic E-state index is 12.1. The molecule has 1 atom stereocenters. The zero-order valence-electron chi connectivity index (χ0n) is 10.7. The van der Waals surface area contributed by atoms with Crippen LogP contribution in [0.4, 0.5) is 5.69 Å². The van der Waals surface area contributed by atoms with Gasteiger partial charge in [0.05, 0.1) is 17.0 Å². The molecule has 1 amide bonds. The van der Waals surface area contributed by atoms with Crippen molar-refractivity contribution in [2.75, 3.05) is 17.2 Å². The molecule has 1 aromatic carbocycles. The van der Waals surface area contributed by atoms with Crippen molar-refractivity contribution in [1.82, 2.24) is 0 Å². The minimum atomic E-state index is -3.63. The lowest BCUT2D eigenvalue weighted by Crippen LogP contribution is -2.28. The van der Waals surface area contributed by atoms with Gasteiger partial charge in [-0.2, -0.15) is 5.26 Å². The number of carbonyl (C=O) groups is 1. The molecule has 6 nitrogen and oxygen atoms in total. The van der Waals surface area contributed by atoms with Crippen LogP contribution in [0.25, 0.3) is 0 Å². The fourth-order valence-corrected chi connectivity index (χ4v) is 4.68. The largest absolute Gasteiger partial charge is 0.310 e. The monoisotopic (exact) mass is 435 g/mol. The number of hydrogen-bond donors (Lipinski definition) is 1. The van der Waals surface area contributed by atoms with E-state index < -0.39 is 10.0 Å². The maximum Gasteiger partial charge on any atom is 0.227 e. The van der Waals surface area contributed by atoms with Gasteiger partial charge >= 0.3 is 0 Å². The number of sulfonamides is 1. The first-order valence-corrected chi connectivity index (χ1v) is 9.21. The van der Waals surface area contributed by atoms with Crippen molar-refractivity contribution in [3.8, 4) is 6.07 Å². The third-order valence-electron chi connectivity index (χ3n) is 3.09. The normalized spacial score (nSPS) is 18.9. The SMILES string of the molecule is N#Cc1cc(Br)cc(Br)c1N1CC(CS(N)(=O)=O)CC1=O. The van der Waals surface area contributed by atoms with Crippen molar-refractivity contribution in [2.24, 2.45) is 11.1 Å². The Kier molecular flexibility index (Phi) is 4.72. The molecule has 0 bridgehead atoms. The van der Waals surface area contributed by atoms with Gasteiger partial charge in [-0.3, -0.25) is 4.79 Å². The third kappa shape index (κ3) is 3.83. The average molecular weight is 437 g/mol. The van der Waals surface area contributed by atoms with E-state index >= 15 is 0 Å². The molecule has 2 rings (SSSR count). The molecule has 0 spiro atoms. The highest BCUT2D eigenvalue weighted by Crippen LogP contribution is 2.36. The van der Waals surface area contributed by atoms with Crippen LogP contribution in [0.2, 0.25) is 0 Å². The number of nitrogens with zero attached hydrogens (tertiary/aromatic N) is 2. The maximum atomic E-state index is 12.1. The molecular formula is C12H11Br2N3O3S. The zero-order valence-corrected chi connectivity index (χ0v) is 14.7. The Balaban J connectivity index is 2.36. The zero-order chi connectivity index (χ0) is 15.8. The number of nitrogens with two attached hydrogens (primary N) is 1. The lowest BCUT2D eigenvalue weighted by atomic mass is 10.1. The summed E-state index contributed by atoms with van der Waals surface area (Å²) in [6, 6.07) is 5.39. The first-order valence-electron chi connectivity index (χ1n) is 5.91. The fraction of sp³-hybridized carbons (Fsp3) is 0.333. The lowest BCUT2D eigenvalue weighted by molar-refractivity contribution is -0.117. The van der Waals surface area contributed by atoms with Crippen molar-refractivity contribution in [2.45, 2.75) is 6.42 Å². The average Bonchev–Trinajstić information content (AvgIpc) is 2.66. The van der Waals surface area contributed by atoms with E-state index in [2.05, 4.69) is 31.9 Å². The molecule has 1 unspecified atom stereocenters. The first-order chi connectivity index (χ1) is 9.71. The van der Waals surface area contributed by atoms with Gasteiger partial charge in [0.1, 0.15) is 6.07 Å². The molecule has 112 valence electrons. The number of primary sulfonamides is 1. The number of anilines is 1. The molecule has 9 heteroatoms. The van der Waals surface area contributed by atoms with E-state index in [1.165, 1.54) is 4.90 Å². The van der Waals surface area contributed by atoms with Crippen LogP contribution >= 0.6 is 31.9 Å². The van der Waals surface area contributed by atoms with Crippen molar-refractivity contribution in [3.63, 3.8) is 0 Å². The van der Waals surface area contributed by atoms with Crippen LogP contribution in [-0.2, 0) is 14.8 Å². The quantitative estimate of drug-likeness (QED) is 0.778. The Hall–Kier alpha value is -0.950. The smallest absolute Gasteiger partial charge is 0.227 e. The van der Waals surface area contributed by atoms with Crippen molar-refractivity contribution < 1.29 is 13.2 Å². The summed E-state index contributed by atoms with van der Waals surface area (Å²) in [5.74, 6) is -0.830. The highest BCUT2D eigenvalue weighted by molar-refractivity contribution is 9.11. The Labute approximate surface area is 139 Å². The Morgan fingerprint density at radius 1 is 1.43 bits per heavy atom. The van der Waals surface area contributed by atoms with Gasteiger partial charge in [0, 0.05) is 27.8 Å². The summed E-state index contributed by atoms with van der Waals surface area (Å²) >= 11 is 6.62. The molecule has 2 N–H and O–H groups in total. The standard InChI is InChI=1S/C12H11Br2N3O3S/c13-9-2-8(4-15)12(10(14)3-9)17-5-7(1-11(17)18)6-21(16,19)20/h2-3,7H,1,5-6H2,(H2,16,19,20). The van der Waals surface area contributed by atoms with Gasteiger partial charge in [-0.05, 0) is 28.1 Å². The second kappa shape index (κ2) is 6.04. The number of amides is 1. The Morgan fingerprint density at radius 2 is 2.10 bits per heavy atom. The van der Waals surface area contributed by atoms with E-state index in [9.17, 15) is 18.5 Å². The predicted octanol–water partition coefficient (Wildman–Crippen LogP) is 1.72. The molecule has 0 aromatic heterocycles. The van der Waals surface area contributed by atoms with E-state index in [1.54, 1.807) is 12.1 Å². The summed E-state index contributed by atoms with van der Waals surface area (Å²) < 4.78 is 23.6. The number of hydrogen-bond acceptors (Lipinski definition) is 4. The van der Waals surface area contributed by atoms with E-state index in [4.69, 9.17) is 5.14 Å². The summed E-state index contributed by atoms with van der Waals surface area (Å²) in [6.45, 7) is 0.226. The van der Waals surface area contributed by atoms with Crippen molar-refractivity contribution >= 4 is 53.5 Å². The molecule has 1 aliphatic rings. The summed E-state index contributed by atoms with van der Waals surface area (Å²) in [5.41, 5.74) is 0.795. The van der Waals surface area contributed by atoms with Crippen molar-refractivity contribution in [3.05, 3.63) is 26.6 Å². The molecule has 1 aliphatic heterocycles. The molecule has 1 saturated heterocycles. The van der Waals surface area contributed by atoms with Gasteiger partial charge in [-0.25, -0.2) is 13.6 Å². The van der Waals surface area contributed by atoms with Crippen LogP contribution in [-0.4, -0.2) is 26.6 Å². The van der Waals surface area contributed by atoms with Crippen LogP contribution in [0.1, 0.15) is 12.0 Å². The minimum absolute atomic E-state index is 0.101. The number of benzene rings is 1. The summed E-state index contributed by atoms with van der Waals surface area (Å²) in [4.78, 5) is 13.6. The van der Waals surface area contributed by atoms with Crippen LogP contribution in [0.3, 0.4) is 0 Å². The van der Waals surface area contributed by atoms with Gasteiger partial charge in [0.2, 0.25) is 15.9 Å². The lowest BCUT2D eigenvalue weighted by Gasteiger charge is -2.20. The molecule has 21 heavy (non-hydrogen) atoms. The van der Waals surface area contributed by atoms with E-state index in [-0.39, 0.29) is 30.5 Å². The Morgan fingerprint density at radius 3 is 2.67 bits per heavy atom. The van der Waals surface area contributed by atoms with Crippen LogP contribution < -0.4 is 10.0 Å². The summed E-state index contributed by atoms with van der Waals surface area (Å²) in [5, 5.41) is 14.2. The number of halogens is 2. The minimum Gasteiger partial charge on any atom is -0.310 e. The molecular weight excluding hydrogens is 426 g/mol. The number of carbonyl (C=O) groups excluding carboxylic acids is 1. The molecule has 0 aliphatic carbocycles. The molecule has 0 saturated carbocycles. The van der Waals surface area contributed by atoms with E-state index in [0.717, 1.165) is 0 Å². The topological polar surface area (TPSA) is 104 Å². The molecule has 1 aromatic rings. The Bertz CT molecular complexity index is 743. The van der Waals surface area contributed by atoms with Crippen LogP contribution in [0.15, 0.2) is 21.1 Å². The second-order valence-corrected chi connectivity index (χ2v) is 8.23. The van der Waals surface area contributed by atoms with Gasteiger partial charge in [-0.1, -0.05) is 15.9 Å². The first kappa shape index (κ1) is 16.4. The molecule has 1 heterocycles. The van der Waals surface area contributed by atoms with Gasteiger partial charge in [-0.15, -0.1) is 0 Å². The van der Waals surface area contributed by atoms with Gasteiger partial charge < -0.3 is 4.90 Å².